The van der Waals surface area contributed by atoms with Gasteiger partial charge < -0.3 is 15.0 Å². The quantitative estimate of drug-likeness (QED) is 0.758. The van der Waals surface area contributed by atoms with Crippen LogP contribution in [0.3, 0.4) is 0 Å². The molecular formula is C19H20N2O2. The van der Waals surface area contributed by atoms with Crippen molar-refractivity contribution in [3.63, 3.8) is 0 Å². The van der Waals surface area contributed by atoms with Gasteiger partial charge in [-0.15, -0.1) is 0 Å². The Morgan fingerprint density at radius 3 is 2.70 bits per heavy atom. The number of aromatic amines is 1. The minimum Gasteiger partial charge on any atom is -0.496 e. The number of hydrogen-bond acceptors (Lipinski definition) is 2. The predicted octanol–water partition coefficient (Wildman–Crippen LogP) is 3.44. The number of nitrogens with one attached hydrogen (secondary N) is 2. The van der Waals surface area contributed by atoms with Crippen LogP contribution in [0.5, 0.6) is 5.75 Å². The summed E-state index contributed by atoms with van der Waals surface area (Å²) in [5, 5.41) is 3.81. The van der Waals surface area contributed by atoms with Gasteiger partial charge in [-0.3, -0.25) is 4.79 Å². The average Bonchev–Trinajstić information content (AvgIpc) is 3.06. The molecular weight excluding hydrogens is 288 g/mol. The minimum absolute atomic E-state index is 0.00693. The van der Waals surface area contributed by atoms with E-state index in [4.69, 9.17) is 4.74 Å². The van der Waals surface area contributed by atoms with Crippen LogP contribution in [0.25, 0.3) is 10.9 Å². The molecule has 3 rings (SSSR count). The standard InChI is InChI=1S/C19H20N2O2/c1-20-19(22)12-15(13-6-4-3-5-7-13)16-11-17-14(8-9-21-17)10-18(16)23-2/h3-11,15,21H,12H2,1-2H3,(H,20,22). The fraction of sp³-hybridized carbons (Fsp3) is 0.211. The van der Waals surface area contributed by atoms with Gasteiger partial charge in [0.05, 0.1) is 7.11 Å². The lowest BCUT2D eigenvalue weighted by molar-refractivity contribution is -0.120. The van der Waals surface area contributed by atoms with Crippen molar-refractivity contribution >= 4 is 16.8 Å². The predicted molar refractivity (Wildman–Crippen MR) is 91.8 cm³/mol. The zero-order valence-electron chi connectivity index (χ0n) is 13.3. The lowest BCUT2D eigenvalue weighted by Crippen LogP contribution is -2.21. The Hall–Kier alpha value is -2.75. The number of amides is 1. The van der Waals surface area contributed by atoms with E-state index >= 15 is 0 Å². The Balaban J connectivity index is 2.13. The molecule has 2 N–H and O–H groups in total. The number of carbonyl (C=O) groups excluding carboxylic acids is 1. The van der Waals surface area contributed by atoms with E-state index in [1.54, 1.807) is 14.2 Å². The molecule has 0 radical (unpaired) electrons. The number of fused-ring (bicyclic) bond motifs is 1. The maximum Gasteiger partial charge on any atom is 0.220 e. The van der Waals surface area contributed by atoms with Gasteiger partial charge in [0, 0.05) is 42.0 Å². The van der Waals surface area contributed by atoms with Gasteiger partial charge in [-0.25, -0.2) is 0 Å². The van der Waals surface area contributed by atoms with Gasteiger partial charge in [0.25, 0.3) is 0 Å². The van der Waals surface area contributed by atoms with Crippen molar-refractivity contribution in [3.05, 3.63) is 65.9 Å². The fourth-order valence-corrected chi connectivity index (χ4v) is 2.93. The normalized spacial score (nSPS) is 12.1. The summed E-state index contributed by atoms with van der Waals surface area (Å²) in [6.07, 6.45) is 2.28. The zero-order valence-corrected chi connectivity index (χ0v) is 13.3. The maximum atomic E-state index is 12.0. The number of carbonyl (C=O) groups is 1. The molecule has 1 aromatic heterocycles. The SMILES string of the molecule is CNC(=O)CC(c1ccccc1)c1cc2[nH]ccc2cc1OC. The maximum absolute atomic E-state index is 12.0. The number of hydrogen-bond donors (Lipinski definition) is 2. The van der Waals surface area contributed by atoms with Crippen molar-refractivity contribution in [2.75, 3.05) is 14.2 Å². The molecule has 1 heterocycles. The number of ether oxygens (including phenoxy) is 1. The summed E-state index contributed by atoms with van der Waals surface area (Å²) in [7, 11) is 3.33. The molecule has 0 aliphatic heterocycles. The number of benzene rings is 2. The van der Waals surface area contributed by atoms with Gasteiger partial charge >= 0.3 is 0 Å². The molecule has 0 fully saturated rings. The van der Waals surface area contributed by atoms with Gasteiger partial charge in [-0.1, -0.05) is 30.3 Å². The van der Waals surface area contributed by atoms with Crippen molar-refractivity contribution < 1.29 is 9.53 Å². The van der Waals surface area contributed by atoms with Gasteiger partial charge in [0.1, 0.15) is 5.75 Å². The smallest absolute Gasteiger partial charge is 0.220 e. The summed E-state index contributed by atoms with van der Waals surface area (Å²) in [5.74, 6) is 0.751. The molecule has 0 spiro atoms. The van der Waals surface area contributed by atoms with E-state index in [-0.39, 0.29) is 11.8 Å². The lowest BCUT2D eigenvalue weighted by atomic mass is 9.87. The van der Waals surface area contributed by atoms with Crippen molar-refractivity contribution in [2.45, 2.75) is 12.3 Å². The molecule has 4 nitrogen and oxygen atoms in total. The van der Waals surface area contributed by atoms with E-state index in [9.17, 15) is 4.79 Å². The Morgan fingerprint density at radius 1 is 1.22 bits per heavy atom. The molecule has 118 valence electrons. The second kappa shape index (κ2) is 6.57. The van der Waals surface area contributed by atoms with E-state index in [1.165, 1.54) is 0 Å². The Morgan fingerprint density at radius 2 is 2.00 bits per heavy atom. The summed E-state index contributed by atoms with van der Waals surface area (Å²) >= 11 is 0. The number of methoxy groups -OCH3 is 1. The van der Waals surface area contributed by atoms with E-state index in [0.29, 0.717) is 6.42 Å². The molecule has 3 aromatic rings. The van der Waals surface area contributed by atoms with Crippen LogP contribution >= 0.6 is 0 Å². The van der Waals surface area contributed by atoms with E-state index in [1.807, 2.05) is 48.7 Å². The molecule has 0 bridgehead atoms. The Labute approximate surface area is 135 Å². The molecule has 0 aliphatic rings. The highest BCUT2D eigenvalue weighted by molar-refractivity contribution is 5.83. The Kier molecular flexibility index (Phi) is 4.33. The summed E-state index contributed by atoms with van der Waals surface area (Å²) in [6, 6.07) is 16.2. The zero-order chi connectivity index (χ0) is 16.2. The third-order valence-electron chi connectivity index (χ3n) is 4.15. The molecule has 23 heavy (non-hydrogen) atoms. The second-order valence-electron chi connectivity index (χ2n) is 5.50. The first-order chi connectivity index (χ1) is 11.2. The number of rotatable bonds is 5. The number of aromatic nitrogens is 1. The third-order valence-corrected chi connectivity index (χ3v) is 4.15. The molecule has 0 aliphatic carbocycles. The lowest BCUT2D eigenvalue weighted by Gasteiger charge is -2.20. The molecule has 2 aromatic carbocycles. The fourth-order valence-electron chi connectivity index (χ4n) is 2.93. The first kappa shape index (κ1) is 15.2. The van der Waals surface area contributed by atoms with Crippen LogP contribution in [0.4, 0.5) is 0 Å². The van der Waals surface area contributed by atoms with Crippen molar-refractivity contribution in [1.82, 2.24) is 10.3 Å². The summed E-state index contributed by atoms with van der Waals surface area (Å²) < 4.78 is 5.59. The van der Waals surface area contributed by atoms with E-state index < -0.39 is 0 Å². The highest BCUT2D eigenvalue weighted by Gasteiger charge is 2.22. The first-order valence-corrected chi connectivity index (χ1v) is 7.63. The Bertz CT molecular complexity index is 809. The third kappa shape index (κ3) is 3.06. The summed E-state index contributed by atoms with van der Waals surface area (Å²) in [4.78, 5) is 15.3. The molecule has 0 saturated heterocycles. The van der Waals surface area contributed by atoms with Gasteiger partial charge in [0.15, 0.2) is 0 Å². The largest absolute Gasteiger partial charge is 0.496 e. The molecule has 1 unspecified atom stereocenters. The second-order valence-corrected chi connectivity index (χ2v) is 5.50. The first-order valence-electron chi connectivity index (χ1n) is 7.63. The molecule has 1 amide bonds. The van der Waals surface area contributed by atoms with Crippen LogP contribution < -0.4 is 10.1 Å². The van der Waals surface area contributed by atoms with Gasteiger partial charge in [-0.2, -0.15) is 0 Å². The average molecular weight is 308 g/mol. The summed E-state index contributed by atoms with van der Waals surface area (Å²) in [5.41, 5.74) is 3.15. The van der Waals surface area contributed by atoms with E-state index in [0.717, 1.165) is 27.8 Å². The topological polar surface area (TPSA) is 54.1 Å². The highest BCUT2D eigenvalue weighted by Crippen LogP contribution is 2.36. The van der Waals surface area contributed by atoms with Crippen LogP contribution in [-0.4, -0.2) is 25.0 Å². The highest BCUT2D eigenvalue weighted by atomic mass is 16.5. The monoisotopic (exact) mass is 308 g/mol. The molecule has 4 heteroatoms. The van der Waals surface area contributed by atoms with Crippen LogP contribution in [0, 0.1) is 0 Å². The summed E-state index contributed by atoms with van der Waals surface area (Å²) in [6.45, 7) is 0. The van der Waals surface area contributed by atoms with Gasteiger partial charge in [-0.05, 0) is 23.8 Å². The van der Waals surface area contributed by atoms with Gasteiger partial charge in [0.2, 0.25) is 5.91 Å². The van der Waals surface area contributed by atoms with Crippen molar-refractivity contribution in [2.24, 2.45) is 0 Å². The van der Waals surface area contributed by atoms with Crippen LogP contribution in [0.2, 0.25) is 0 Å². The van der Waals surface area contributed by atoms with Crippen molar-refractivity contribution in [3.8, 4) is 5.75 Å². The van der Waals surface area contributed by atoms with E-state index in [2.05, 4.69) is 16.4 Å². The molecule has 1 atom stereocenters. The van der Waals surface area contributed by atoms with Crippen LogP contribution in [0.15, 0.2) is 54.7 Å². The molecule has 0 saturated carbocycles. The van der Waals surface area contributed by atoms with Crippen LogP contribution in [-0.2, 0) is 4.79 Å². The minimum atomic E-state index is -0.0567. The number of H-pyrrole nitrogens is 1. The van der Waals surface area contributed by atoms with Crippen molar-refractivity contribution in [1.29, 1.82) is 0 Å². The van der Waals surface area contributed by atoms with Crippen LogP contribution in [0.1, 0.15) is 23.5 Å².